The molecule has 0 radical (unpaired) electrons. The van der Waals surface area contributed by atoms with Crippen molar-refractivity contribution < 1.29 is 14.3 Å². The van der Waals surface area contributed by atoms with Gasteiger partial charge in [0.05, 0.1) is 30.9 Å². The van der Waals surface area contributed by atoms with Gasteiger partial charge >= 0.3 is 0 Å². The number of nitrogens with zero attached hydrogens (tertiary/aromatic N) is 5. The second-order valence-corrected chi connectivity index (χ2v) is 8.71. The monoisotopic (exact) mass is 496 g/mol. The molecule has 9 nitrogen and oxygen atoms in total. The van der Waals surface area contributed by atoms with Crippen LogP contribution in [0.2, 0.25) is 0 Å². The van der Waals surface area contributed by atoms with E-state index >= 15 is 0 Å². The first-order chi connectivity index (χ1) is 17.0. The van der Waals surface area contributed by atoms with Gasteiger partial charge < -0.3 is 14.8 Å². The van der Waals surface area contributed by atoms with Crippen LogP contribution in [0, 0.1) is 5.92 Å². The van der Waals surface area contributed by atoms with E-state index in [1.807, 2.05) is 10.8 Å². The second-order valence-electron chi connectivity index (χ2n) is 8.27. The average molecular weight is 497 g/mol. The number of anilines is 1. The van der Waals surface area contributed by atoms with Crippen molar-refractivity contribution in [1.29, 1.82) is 0 Å². The molecule has 0 spiro atoms. The first-order valence-electron chi connectivity index (χ1n) is 11.5. The first kappa shape index (κ1) is 24.7. The summed E-state index contributed by atoms with van der Waals surface area (Å²) >= 11 is 6.38. The molecule has 1 saturated heterocycles. The Kier molecular flexibility index (Phi) is 8.33. The van der Waals surface area contributed by atoms with Gasteiger partial charge in [0.1, 0.15) is 11.3 Å². The van der Waals surface area contributed by atoms with Crippen molar-refractivity contribution in [2.75, 3.05) is 25.6 Å². The number of amides is 1. The van der Waals surface area contributed by atoms with Crippen molar-refractivity contribution in [2.24, 2.45) is 5.92 Å². The molecule has 0 unspecified atom stereocenters. The van der Waals surface area contributed by atoms with Gasteiger partial charge in [-0.05, 0) is 43.4 Å². The molecule has 10 heteroatoms. The number of carbonyl (C=O) groups excluding carboxylic acids is 1. The summed E-state index contributed by atoms with van der Waals surface area (Å²) in [6.07, 6.45) is 15.5. The molecule has 0 bridgehead atoms. The number of hydrogen-bond acceptors (Lipinski definition) is 6. The molecule has 0 atom stereocenters. The van der Waals surface area contributed by atoms with Crippen molar-refractivity contribution in [2.45, 2.75) is 32.2 Å². The van der Waals surface area contributed by atoms with Crippen LogP contribution in [0.3, 0.4) is 0 Å². The summed E-state index contributed by atoms with van der Waals surface area (Å²) in [5, 5.41) is 12.3. The minimum atomic E-state index is -0.296. The number of fused-ring (bicyclic) bond motifs is 1. The van der Waals surface area contributed by atoms with E-state index in [4.69, 9.17) is 21.1 Å². The van der Waals surface area contributed by atoms with Crippen LogP contribution >= 0.6 is 11.6 Å². The zero-order valence-corrected chi connectivity index (χ0v) is 20.4. The molecule has 3 aromatic rings. The Hall–Kier alpha value is -3.43. The van der Waals surface area contributed by atoms with Gasteiger partial charge in [-0.2, -0.15) is 10.2 Å². The fraction of sp³-hybridized carbons (Fsp3) is 0.360. The normalized spacial score (nSPS) is 15.1. The number of hydrogen-bond donors (Lipinski definition) is 1. The van der Waals surface area contributed by atoms with Crippen LogP contribution in [0.4, 0.5) is 5.69 Å². The number of methoxy groups -OCH3 is 1. The summed E-state index contributed by atoms with van der Waals surface area (Å²) in [5.41, 5.74) is 2.38. The van der Waals surface area contributed by atoms with Crippen LogP contribution in [0.5, 0.6) is 0 Å². The van der Waals surface area contributed by atoms with E-state index in [1.165, 1.54) is 6.20 Å². The number of aryl methyl sites for hydroxylation is 1. The van der Waals surface area contributed by atoms with Gasteiger partial charge in [-0.3, -0.25) is 9.48 Å². The highest BCUT2D eigenvalue weighted by molar-refractivity contribution is 6.31. The number of rotatable bonds is 10. The number of halogens is 1. The van der Waals surface area contributed by atoms with Crippen LogP contribution in [0.25, 0.3) is 5.65 Å². The smallest absolute Gasteiger partial charge is 0.261 e. The van der Waals surface area contributed by atoms with Crippen molar-refractivity contribution in [3.63, 3.8) is 0 Å². The maximum atomic E-state index is 13.1. The summed E-state index contributed by atoms with van der Waals surface area (Å²) in [5.74, 6) is 0.814. The third-order valence-corrected chi connectivity index (χ3v) is 6.27. The first-order valence-corrected chi connectivity index (χ1v) is 11.9. The molecule has 0 aromatic carbocycles. The molecule has 3 aromatic heterocycles. The lowest BCUT2D eigenvalue weighted by Gasteiger charge is -2.22. The van der Waals surface area contributed by atoms with Crippen LogP contribution < -0.4 is 5.32 Å². The van der Waals surface area contributed by atoms with Crippen LogP contribution in [0.1, 0.15) is 35.3 Å². The Labute approximate surface area is 209 Å². The van der Waals surface area contributed by atoms with E-state index in [9.17, 15) is 4.79 Å². The number of ether oxygens (including phenoxy) is 2. The van der Waals surface area contributed by atoms with Crippen LogP contribution in [-0.4, -0.2) is 50.6 Å². The predicted octanol–water partition coefficient (Wildman–Crippen LogP) is 4.38. The number of nitrogens with one attached hydrogen (secondary N) is 1. The van der Waals surface area contributed by atoms with E-state index < -0.39 is 0 Å². The minimum Gasteiger partial charge on any atom is -0.497 e. The van der Waals surface area contributed by atoms with Gasteiger partial charge in [-0.15, -0.1) is 0 Å². The zero-order valence-electron chi connectivity index (χ0n) is 19.7. The molecule has 184 valence electrons. The largest absolute Gasteiger partial charge is 0.497 e. The lowest BCUT2D eigenvalue weighted by Crippen LogP contribution is -2.18. The van der Waals surface area contributed by atoms with Crippen molar-refractivity contribution in [1.82, 2.24) is 24.4 Å². The molecule has 1 amide bonds. The lowest BCUT2D eigenvalue weighted by molar-refractivity contribution is 0.0622. The van der Waals surface area contributed by atoms with Gasteiger partial charge in [-0.25, -0.2) is 9.50 Å². The summed E-state index contributed by atoms with van der Waals surface area (Å²) in [7, 11) is 1.55. The second kappa shape index (κ2) is 11.8. The molecule has 35 heavy (non-hydrogen) atoms. The summed E-state index contributed by atoms with van der Waals surface area (Å²) in [6.45, 7) is 6.12. The molecule has 1 fully saturated rings. The molecule has 4 heterocycles. The highest BCUT2D eigenvalue weighted by atomic mass is 35.5. The molecule has 0 saturated carbocycles. The third-order valence-electron chi connectivity index (χ3n) is 5.99. The van der Waals surface area contributed by atoms with Gasteiger partial charge in [0.25, 0.3) is 5.91 Å². The highest BCUT2D eigenvalue weighted by Gasteiger charge is 2.19. The lowest BCUT2D eigenvalue weighted by atomic mass is 9.97. The molecular formula is C25H29ClN6O3. The predicted molar refractivity (Wildman–Crippen MR) is 134 cm³/mol. The Morgan fingerprint density at radius 2 is 2.14 bits per heavy atom. The zero-order chi connectivity index (χ0) is 24.6. The summed E-state index contributed by atoms with van der Waals surface area (Å²) in [6, 6.07) is 1.76. The molecule has 1 N–H and O–H groups in total. The minimum absolute atomic E-state index is 0.296. The number of allylic oxidation sites excluding steroid dienone is 4. The van der Waals surface area contributed by atoms with Gasteiger partial charge in [0, 0.05) is 43.6 Å². The van der Waals surface area contributed by atoms with E-state index in [1.54, 1.807) is 48.4 Å². The van der Waals surface area contributed by atoms with E-state index in [2.05, 4.69) is 27.1 Å². The van der Waals surface area contributed by atoms with Crippen molar-refractivity contribution in [3.05, 3.63) is 77.7 Å². The van der Waals surface area contributed by atoms with Crippen molar-refractivity contribution in [3.8, 4) is 0 Å². The fourth-order valence-electron chi connectivity index (χ4n) is 3.94. The summed E-state index contributed by atoms with van der Waals surface area (Å²) in [4.78, 5) is 17.3. The number of carbonyl (C=O) groups is 1. The Bertz CT molecular complexity index is 1240. The molecule has 0 aliphatic carbocycles. The fourth-order valence-corrected chi connectivity index (χ4v) is 4.08. The SMILES string of the molecule is C=C(/C=C\C(Cl)=C/Cc1c(NC(=O)c2cnn3cccnc23)cnn1CCC1CCOCC1)OC. The van der Waals surface area contributed by atoms with Crippen LogP contribution in [0.15, 0.2) is 66.5 Å². The number of aromatic nitrogens is 5. The summed E-state index contributed by atoms with van der Waals surface area (Å²) < 4.78 is 14.0. The third kappa shape index (κ3) is 6.37. The van der Waals surface area contributed by atoms with Crippen LogP contribution in [-0.2, 0) is 22.4 Å². The molecular weight excluding hydrogens is 468 g/mol. The van der Waals surface area contributed by atoms with Gasteiger partial charge in [0.15, 0.2) is 5.65 Å². The van der Waals surface area contributed by atoms with Gasteiger partial charge in [-0.1, -0.05) is 24.3 Å². The Balaban J connectivity index is 1.54. The van der Waals surface area contributed by atoms with E-state index in [-0.39, 0.29) is 5.91 Å². The highest BCUT2D eigenvalue weighted by Crippen LogP contribution is 2.23. The quantitative estimate of drug-likeness (QED) is 0.330. The Morgan fingerprint density at radius 1 is 1.31 bits per heavy atom. The van der Waals surface area contributed by atoms with Gasteiger partial charge in [0.2, 0.25) is 0 Å². The molecule has 1 aliphatic heterocycles. The van der Waals surface area contributed by atoms with Crippen molar-refractivity contribution >= 4 is 28.8 Å². The average Bonchev–Trinajstić information content (AvgIpc) is 3.49. The Morgan fingerprint density at radius 3 is 2.94 bits per heavy atom. The maximum Gasteiger partial charge on any atom is 0.261 e. The standard InChI is InChI=1S/C25H29ClN6O3/c1-18(34-2)4-5-20(26)6-7-23-22(17-29-31(23)13-8-19-9-14-35-15-10-19)30-25(33)21-16-28-32-12-3-11-27-24(21)32/h3-6,11-12,16-17,19H,1,7-10,13-15H2,2H3,(H,30,33)/b5-4-,20-6+. The van der Waals surface area contributed by atoms with E-state index in [0.717, 1.165) is 44.7 Å². The molecule has 4 rings (SSSR count). The maximum absolute atomic E-state index is 13.1. The van der Waals surface area contributed by atoms with E-state index in [0.29, 0.717) is 40.0 Å². The molecule has 1 aliphatic rings. The topological polar surface area (TPSA) is 95.6 Å².